The largest absolute Gasteiger partial charge is 0.478 e. The molecular formula is C29H39N3O6. The Bertz CT molecular complexity index is 1180. The van der Waals surface area contributed by atoms with Crippen LogP contribution in [-0.2, 0) is 32.1 Å². The lowest BCUT2D eigenvalue weighted by atomic mass is 9.72. The van der Waals surface area contributed by atoms with Crippen molar-refractivity contribution in [3.8, 4) is 0 Å². The quantitative estimate of drug-likeness (QED) is 0.494. The van der Waals surface area contributed by atoms with Crippen LogP contribution in [0.4, 0.5) is 0 Å². The lowest BCUT2D eigenvalue weighted by Gasteiger charge is -2.45. The fraction of sp³-hybridized carbons (Fsp3) is 0.552. The van der Waals surface area contributed by atoms with E-state index in [1.165, 1.54) is 22.0 Å². The summed E-state index contributed by atoms with van der Waals surface area (Å²) < 4.78 is 7.86. The number of ether oxygens (including phenoxy) is 1. The van der Waals surface area contributed by atoms with Crippen LogP contribution in [0, 0.1) is 5.92 Å². The monoisotopic (exact) mass is 525 g/mol. The third kappa shape index (κ3) is 6.10. The Kier molecular flexibility index (Phi) is 8.89. The number of benzene rings is 1. The molecule has 5 rings (SSSR count). The highest BCUT2D eigenvalue weighted by Gasteiger charge is 2.42. The van der Waals surface area contributed by atoms with E-state index in [1.807, 2.05) is 0 Å². The highest BCUT2D eigenvalue weighted by Crippen LogP contribution is 2.45. The van der Waals surface area contributed by atoms with E-state index in [2.05, 4.69) is 53.2 Å². The molecule has 9 nitrogen and oxygen atoms in total. The van der Waals surface area contributed by atoms with E-state index in [1.54, 1.807) is 7.11 Å². The molecule has 3 atom stereocenters. The molecule has 206 valence electrons. The molecule has 1 aliphatic heterocycles. The van der Waals surface area contributed by atoms with Crippen molar-refractivity contribution < 1.29 is 29.3 Å². The summed E-state index contributed by atoms with van der Waals surface area (Å²) in [6.45, 7) is 4.08. The summed E-state index contributed by atoms with van der Waals surface area (Å²) in [6.07, 6.45) is 10.1. The minimum atomic E-state index is -1.26. The number of methoxy groups -OCH3 is 1. The summed E-state index contributed by atoms with van der Waals surface area (Å²) in [7, 11) is 4.01. The van der Waals surface area contributed by atoms with E-state index in [4.69, 9.17) is 14.9 Å². The number of likely N-dealkylation sites (tertiary alicyclic amines) is 1. The molecule has 0 unspecified atom stereocenters. The van der Waals surface area contributed by atoms with Crippen molar-refractivity contribution in [1.29, 1.82) is 0 Å². The summed E-state index contributed by atoms with van der Waals surface area (Å²) in [6, 6.07) is 7.57. The van der Waals surface area contributed by atoms with Gasteiger partial charge in [-0.1, -0.05) is 12.1 Å². The molecule has 1 aromatic carbocycles. The number of carbonyl (C=O) groups excluding carboxylic acids is 1. The predicted octanol–water partition coefficient (Wildman–Crippen LogP) is 3.41. The van der Waals surface area contributed by atoms with Crippen LogP contribution in [0.5, 0.6) is 0 Å². The van der Waals surface area contributed by atoms with Crippen LogP contribution in [0.25, 0.3) is 10.9 Å². The number of aromatic nitrogens is 1. The maximum absolute atomic E-state index is 13.2. The molecular weight excluding hydrogens is 486 g/mol. The van der Waals surface area contributed by atoms with E-state index in [0.29, 0.717) is 36.3 Å². The van der Waals surface area contributed by atoms with Crippen molar-refractivity contribution in [3.63, 3.8) is 0 Å². The van der Waals surface area contributed by atoms with Crippen molar-refractivity contribution in [2.45, 2.75) is 76.1 Å². The van der Waals surface area contributed by atoms with Gasteiger partial charge < -0.3 is 29.7 Å². The molecule has 1 amide bonds. The van der Waals surface area contributed by atoms with Crippen LogP contribution in [0.2, 0.25) is 0 Å². The van der Waals surface area contributed by atoms with Crippen molar-refractivity contribution in [1.82, 2.24) is 14.8 Å². The third-order valence-corrected chi connectivity index (χ3v) is 8.36. The molecule has 0 radical (unpaired) electrons. The zero-order valence-corrected chi connectivity index (χ0v) is 22.4. The molecule has 2 aromatic rings. The number of hydrogen-bond donors (Lipinski definition) is 3. The molecule has 38 heavy (non-hydrogen) atoms. The average Bonchev–Trinajstić information content (AvgIpc) is 3.27. The summed E-state index contributed by atoms with van der Waals surface area (Å²) in [4.78, 5) is 34.8. The van der Waals surface area contributed by atoms with Gasteiger partial charge in [-0.25, -0.2) is 9.59 Å². The smallest absolute Gasteiger partial charge is 0.328 e. The number of aliphatic carboxylic acids is 2. The standard InChI is InChI=1S/C25H35N3O2.C4H4O4/c1-4-28-15-16-13-23-21(20-6-5-7-22(28)24(16)20)12-17(14-27(23)2)25(29)26-18-8-10-19(30-3)11-9-18;5-3(6)1-2-4(7)8/h5-7,15,17-19,21,23H,4,8-14H2,1-3H3,(H,26,29);1-2H,(H,5,6)(H,7,8)/b;2-1-/t17-,18?,19?,21-,23-;/m1./s1. The van der Waals surface area contributed by atoms with Gasteiger partial charge in [-0.15, -0.1) is 0 Å². The summed E-state index contributed by atoms with van der Waals surface area (Å²) in [5, 5.41) is 20.5. The van der Waals surface area contributed by atoms with Crippen LogP contribution in [-0.4, -0.2) is 76.4 Å². The average molecular weight is 526 g/mol. The number of fused-ring (bicyclic) bond motifs is 2. The molecule has 2 fully saturated rings. The molecule has 3 N–H and O–H groups in total. The number of nitrogens with zero attached hydrogens (tertiary/aromatic N) is 2. The van der Waals surface area contributed by atoms with Gasteiger partial charge in [0.25, 0.3) is 0 Å². The minimum absolute atomic E-state index is 0.0708. The normalized spacial score (nSPS) is 26.9. The maximum Gasteiger partial charge on any atom is 0.328 e. The number of carboxylic acid groups (broad SMARTS) is 2. The molecule has 1 saturated heterocycles. The Morgan fingerprint density at radius 3 is 2.39 bits per heavy atom. The van der Waals surface area contributed by atoms with Crippen LogP contribution < -0.4 is 5.32 Å². The van der Waals surface area contributed by atoms with Gasteiger partial charge in [-0.05, 0) is 69.7 Å². The zero-order chi connectivity index (χ0) is 27.4. The van der Waals surface area contributed by atoms with Crippen LogP contribution >= 0.6 is 0 Å². The Labute approximate surface area is 223 Å². The lowest BCUT2D eigenvalue weighted by molar-refractivity contribution is -0.134. The van der Waals surface area contributed by atoms with Gasteiger partial charge in [0, 0.05) is 67.5 Å². The number of hydrogen-bond acceptors (Lipinski definition) is 5. The first-order valence-corrected chi connectivity index (χ1v) is 13.5. The second kappa shape index (κ2) is 12.1. The van der Waals surface area contributed by atoms with Gasteiger partial charge in [-0.2, -0.15) is 0 Å². The maximum atomic E-state index is 13.2. The fourth-order valence-electron chi connectivity index (χ4n) is 6.47. The van der Waals surface area contributed by atoms with Gasteiger partial charge in [0.1, 0.15) is 0 Å². The number of likely N-dealkylation sites (N-methyl/N-ethyl adjacent to an activating group) is 1. The molecule has 9 heteroatoms. The minimum Gasteiger partial charge on any atom is -0.478 e. The van der Waals surface area contributed by atoms with Crippen molar-refractivity contribution in [3.05, 3.63) is 47.7 Å². The molecule has 2 heterocycles. The Hall–Kier alpha value is -3.17. The summed E-state index contributed by atoms with van der Waals surface area (Å²) in [5.74, 6) is -1.75. The highest BCUT2D eigenvalue weighted by atomic mass is 16.5. The third-order valence-electron chi connectivity index (χ3n) is 8.36. The first-order valence-electron chi connectivity index (χ1n) is 13.5. The number of nitrogens with one attached hydrogen (secondary N) is 1. The summed E-state index contributed by atoms with van der Waals surface area (Å²) >= 11 is 0. The molecule has 1 saturated carbocycles. The SMILES string of the molecule is CCn1cc2c3c(cccc31)[C@H]1C[C@@H](C(=O)NC3CCC(OC)CC3)CN(C)[C@@H]1C2.O=C(O)/C=C\C(=O)O. The van der Waals surface area contributed by atoms with Crippen molar-refractivity contribution in [2.24, 2.45) is 5.92 Å². The number of rotatable bonds is 6. The molecule has 2 aliphatic carbocycles. The Morgan fingerprint density at radius 2 is 1.79 bits per heavy atom. The molecule has 1 aromatic heterocycles. The second-order valence-electron chi connectivity index (χ2n) is 10.7. The van der Waals surface area contributed by atoms with Gasteiger partial charge in [0.2, 0.25) is 5.91 Å². The van der Waals surface area contributed by atoms with E-state index in [-0.39, 0.29) is 11.8 Å². The molecule has 3 aliphatic rings. The van der Waals surface area contributed by atoms with E-state index < -0.39 is 11.9 Å². The van der Waals surface area contributed by atoms with Crippen LogP contribution in [0.1, 0.15) is 56.1 Å². The zero-order valence-electron chi connectivity index (χ0n) is 22.4. The van der Waals surface area contributed by atoms with Crippen molar-refractivity contribution >= 4 is 28.7 Å². The van der Waals surface area contributed by atoms with Gasteiger partial charge in [-0.3, -0.25) is 4.79 Å². The number of aryl methyl sites for hydroxylation is 1. The van der Waals surface area contributed by atoms with Crippen molar-refractivity contribution in [2.75, 3.05) is 20.7 Å². The topological polar surface area (TPSA) is 121 Å². The van der Waals surface area contributed by atoms with Crippen LogP contribution in [0.3, 0.4) is 0 Å². The highest BCUT2D eigenvalue weighted by molar-refractivity contribution is 5.90. The predicted molar refractivity (Wildman–Crippen MR) is 144 cm³/mol. The van der Waals surface area contributed by atoms with Crippen LogP contribution in [0.15, 0.2) is 36.5 Å². The number of carboxylic acids is 2. The number of piperidine rings is 1. The first-order chi connectivity index (χ1) is 18.2. The van der Waals surface area contributed by atoms with Gasteiger partial charge in [0.15, 0.2) is 0 Å². The first kappa shape index (κ1) is 27.9. The Morgan fingerprint density at radius 1 is 1.11 bits per heavy atom. The summed E-state index contributed by atoms with van der Waals surface area (Å²) in [5.41, 5.74) is 4.29. The lowest BCUT2D eigenvalue weighted by Crippen LogP contribution is -2.52. The number of carbonyl (C=O) groups is 3. The molecule has 0 spiro atoms. The number of amides is 1. The van der Waals surface area contributed by atoms with E-state index in [9.17, 15) is 14.4 Å². The van der Waals surface area contributed by atoms with E-state index in [0.717, 1.165) is 51.6 Å². The van der Waals surface area contributed by atoms with Gasteiger partial charge in [0.05, 0.1) is 12.0 Å². The molecule has 0 bridgehead atoms. The van der Waals surface area contributed by atoms with Gasteiger partial charge >= 0.3 is 11.9 Å². The Balaban J connectivity index is 0.000000368. The van der Waals surface area contributed by atoms with E-state index >= 15 is 0 Å². The second-order valence-corrected chi connectivity index (χ2v) is 10.7. The fourth-order valence-corrected chi connectivity index (χ4v) is 6.47.